The van der Waals surface area contributed by atoms with Crippen molar-refractivity contribution in [1.82, 2.24) is 9.97 Å². The van der Waals surface area contributed by atoms with E-state index in [-0.39, 0.29) is 0 Å². The molecule has 4 heteroatoms. The van der Waals surface area contributed by atoms with Crippen molar-refractivity contribution in [2.24, 2.45) is 0 Å². The van der Waals surface area contributed by atoms with Gasteiger partial charge in [-0.05, 0) is 18.2 Å². The predicted octanol–water partition coefficient (Wildman–Crippen LogP) is 1.74. The zero-order chi connectivity index (χ0) is 9.26. The molecule has 0 amide bonds. The Morgan fingerprint density at radius 3 is 2.92 bits per heavy atom. The summed E-state index contributed by atoms with van der Waals surface area (Å²) in [5.74, 6) is 0. The molecule has 2 rings (SSSR count). The van der Waals surface area contributed by atoms with Gasteiger partial charge in [0.25, 0.3) is 0 Å². The molecule has 63 valence electrons. The second-order valence-corrected chi connectivity index (χ2v) is 2.89. The van der Waals surface area contributed by atoms with Crippen molar-refractivity contribution in [2.45, 2.75) is 0 Å². The maximum absolute atomic E-state index is 10.3. The van der Waals surface area contributed by atoms with E-state index in [2.05, 4.69) is 9.97 Å². The van der Waals surface area contributed by atoms with Gasteiger partial charge < -0.3 is 0 Å². The van der Waals surface area contributed by atoms with Crippen LogP contribution in [0.2, 0.25) is 5.15 Å². The van der Waals surface area contributed by atoms with E-state index in [1.807, 2.05) is 0 Å². The van der Waals surface area contributed by atoms with Crippen LogP contribution in [0, 0.1) is 0 Å². The molecule has 0 N–H and O–H groups in total. The van der Waals surface area contributed by atoms with E-state index in [0.29, 0.717) is 21.7 Å². The molecule has 0 atom stereocenters. The standard InChI is InChI=1S/C9H4ClN2O/c10-9-4-11-7-2-1-6(5-13)3-8(7)12-9/h1-4H. The van der Waals surface area contributed by atoms with Crippen LogP contribution in [0.3, 0.4) is 0 Å². The molecule has 2 aromatic rings. The van der Waals surface area contributed by atoms with Gasteiger partial charge in [0.05, 0.1) is 17.2 Å². The van der Waals surface area contributed by atoms with Gasteiger partial charge in [-0.25, -0.2) is 4.98 Å². The molecule has 3 nitrogen and oxygen atoms in total. The molecule has 1 radical (unpaired) electrons. The van der Waals surface area contributed by atoms with E-state index in [1.165, 1.54) is 6.20 Å². The number of rotatable bonds is 1. The summed E-state index contributed by atoms with van der Waals surface area (Å²) in [6.07, 6.45) is 3.24. The lowest BCUT2D eigenvalue weighted by atomic mass is 10.2. The van der Waals surface area contributed by atoms with Gasteiger partial charge in [-0.2, -0.15) is 0 Å². The fraction of sp³-hybridized carbons (Fsp3) is 0. The summed E-state index contributed by atoms with van der Waals surface area (Å²) < 4.78 is 0. The van der Waals surface area contributed by atoms with Crippen molar-refractivity contribution in [3.8, 4) is 0 Å². The fourth-order valence-electron chi connectivity index (χ4n) is 1.05. The number of fused-ring (bicyclic) bond motifs is 1. The summed E-state index contributed by atoms with van der Waals surface area (Å²) in [5.41, 5.74) is 1.76. The highest BCUT2D eigenvalue weighted by Gasteiger charge is 1.99. The second kappa shape index (κ2) is 3.11. The van der Waals surface area contributed by atoms with Gasteiger partial charge in [-0.15, -0.1) is 0 Å². The monoisotopic (exact) mass is 191 g/mol. The maximum Gasteiger partial charge on any atom is 0.233 e. The van der Waals surface area contributed by atoms with Crippen LogP contribution in [-0.4, -0.2) is 16.3 Å². The molecule has 0 fully saturated rings. The topological polar surface area (TPSA) is 42.9 Å². The van der Waals surface area contributed by atoms with Gasteiger partial charge in [-0.1, -0.05) is 11.6 Å². The molecule has 0 aliphatic rings. The minimum Gasteiger partial charge on any atom is -0.285 e. The molecule has 1 aromatic carbocycles. The van der Waals surface area contributed by atoms with Crippen molar-refractivity contribution in [1.29, 1.82) is 0 Å². The van der Waals surface area contributed by atoms with Crippen LogP contribution in [0.1, 0.15) is 5.56 Å². The van der Waals surface area contributed by atoms with Crippen LogP contribution in [0.4, 0.5) is 0 Å². The average Bonchev–Trinajstić information content (AvgIpc) is 2.16. The summed E-state index contributed by atoms with van der Waals surface area (Å²) >= 11 is 5.64. The molecule has 0 aliphatic carbocycles. The molecule has 0 saturated carbocycles. The Hall–Kier alpha value is -1.48. The third kappa shape index (κ3) is 1.51. The molecule has 0 unspecified atom stereocenters. The van der Waals surface area contributed by atoms with E-state index in [9.17, 15) is 4.79 Å². The number of nitrogens with zero attached hydrogens (tertiary/aromatic N) is 2. The van der Waals surface area contributed by atoms with Gasteiger partial charge in [-0.3, -0.25) is 9.78 Å². The van der Waals surface area contributed by atoms with Crippen LogP contribution in [0.15, 0.2) is 24.4 Å². The first-order valence-corrected chi connectivity index (χ1v) is 3.98. The Kier molecular flexibility index (Phi) is 1.94. The van der Waals surface area contributed by atoms with Gasteiger partial charge in [0.2, 0.25) is 6.29 Å². The molecular weight excluding hydrogens is 188 g/mol. The van der Waals surface area contributed by atoms with Crippen molar-refractivity contribution in [3.63, 3.8) is 0 Å². The molecule has 0 aliphatic heterocycles. The molecule has 1 aromatic heterocycles. The summed E-state index contributed by atoms with van der Waals surface area (Å²) in [4.78, 5) is 18.4. The highest BCUT2D eigenvalue weighted by Crippen LogP contribution is 2.13. The normalized spacial score (nSPS) is 10.2. The van der Waals surface area contributed by atoms with Crippen LogP contribution < -0.4 is 0 Å². The lowest BCUT2D eigenvalue weighted by Crippen LogP contribution is -1.86. The van der Waals surface area contributed by atoms with Crippen LogP contribution in [-0.2, 0) is 4.79 Å². The van der Waals surface area contributed by atoms with E-state index in [0.717, 1.165) is 0 Å². The number of benzene rings is 1. The summed E-state index contributed by atoms with van der Waals surface area (Å²) in [7, 11) is 0. The Morgan fingerprint density at radius 1 is 1.31 bits per heavy atom. The smallest absolute Gasteiger partial charge is 0.233 e. The van der Waals surface area contributed by atoms with E-state index < -0.39 is 0 Å². The summed E-state index contributed by atoms with van der Waals surface area (Å²) in [6, 6.07) is 4.94. The van der Waals surface area contributed by atoms with Crippen molar-refractivity contribution in [2.75, 3.05) is 0 Å². The largest absolute Gasteiger partial charge is 0.285 e. The third-order valence-electron chi connectivity index (χ3n) is 1.63. The fourth-order valence-corrected chi connectivity index (χ4v) is 1.19. The predicted molar refractivity (Wildman–Crippen MR) is 49.3 cm³/mol. The number of halogens is 1. The third-order valence-corrected chi connectivity index (χ3v) is 1.81. The van der Waals surface area contributed by atoms with Gasteiger partial charge in [0, 0.05) is 5.56 Å². The first kappa shape index (κ1) is 8.13. The highest BCUT2D eigenvalue weighted by molar-refractivity contribution is 6.29. The molecular formula is C9H4ClN2O. The van der Waals surface area contributed by atoms with E-state index in [1.54, 1.807) is 24.5 Å². The molecule has 13 heavy (non-hydrogen) atoms. The van der Waals surface area contributed by atoms with Gasteiger partial charge in [0.15, 0.2) is 0 Å². The first-order chi connectivity index (χ1) is 6.29. The zero-order valence-corrected chi connectivity index (χ0v) is 7.25. The SMILES string of the molecule is O=[C]c1ccc2ncc(Cl)nc2c1. The number of hydrogen-bond donors (Lipinski definition) is 0. The van der Waals surface area contributed by atoms with Crippen molar-refractivity contribution < 1.29 is 4.79 Å². The second-order valence-electron chi connectivity index (χ2n) is 2.50. The molecule has 1 heterocycles. The zero-order valence-electron chi connectivity index (χ0n) is 6.49. The van der Waals surface area contributed by atoms with Crippen LogP contribution >= 0.6 is 11.6 Å². The number of carbonyl (C=O) groups excluding carboxylic acids is 1. The minimum atomic E-state index is 0.315. The Balaban J connectivity index is 2.74. The van der Waals surface area contributed by atoms with Crippen LogP contribution in [0.25, 0.3) is 11.0 Å². The highest BCUT2D eigenvalue weighted by atomic mass is 35.5. The Bertz CT molecular complexity index is 470. The lowest BCUT2D eigenvalue weighted by Gasteiger charge is -1.96. The van der Waals surface area contributed by atoms with E-state index in [4.69, 9.17) is 11.6 Å². The molecule has 0 saturated heterocycles. The van der Waals surface area contributed by atoms with Gasteiger partial charge in [0.1, 0.15) is 5.15 Å². The summed E-state index contributed by atoms with van der Waals surface area (Å²) in [5, 5.41) is 0.315. The van der Waals surface area contributed by atoms with Gasteiger partial charge >= 0.3 is 0 Å². The first-order valence-electron chi connectivity index (χ1n) is 3.60. The Morgan fingerprint density at radius 2 is 2.15 bits per heavy atom. The maximum atomic E-state index is 10.3. The lowest BCUT2D eigenvalue weighted by molar-refractivity contribution is 0.563. The molecule has 0 bridgehead atoms. The quantitative estimate of drug-likeness (QED) is 0.690. The number of hydrogen-bond acceptors (Lipinski definition) is 3. The minimum absolute atomic E-state index is 0.315. The van der Waals surface area contributed by atoms with E-state index >= 15 is 0 Å². The van der Waals surface area contributed by atoms with Crippen molar-refractivity contribution in [3.05, 3.63) is 35.1 Å². The van der Waals surface area contributed by atoms with Crippen molar-refractivity contribution >= 4 is 28.9 Å². The summed E-state index contributed by atoms with van der Waals surface area (Å²) in [6.45, 7) is 0. The molecule has 0 spiro atoms. The number of aromatic nitrogens is 2. The Labute approximate surface area is 79.4 Å². The average molecular weight is 192 g/mol. The van der Waals surface area contributed by atoms with Crippen LogP contribution in [0.5, 0.6) is 0 Å².